The van der Waals surface area contributed by atoms with Gasteiger partial charge in [0.1, 0.15) is 16.5 Å². The molecule has 0 radical (unpaired) electrons. The van der Waals surface area contributed by atoms with E-state index in [2.05, 4.69) is 9.71 Å². The minimum Gasteiger partial charge on any atom is -0.277 e. The summed E-state index contributed by atoms with van der Waals surface area (Å²) in [6.07, 6.45) is 1.46. The fraction of sp³-hybridized carbons (Fsp3) is 0.0625. The summed E-state index contributed by atoms with van der Waals surface area (Å²) in [7, 11) is -4.20. The second-order valence-electron chi connectivity index (χ2n) is 5.07. The van der Waals surface area contributed by atoms with Gasteiger partial charge in [-0.15, -0.1) is 0 Å². The van der Waals surface area contributed by atoms with Gasteiger partial charge in [-0.1, -0.05) is 12.1 Å². The van der Waals surface area contributed by atoms with Crippen molar-refractivity contribution >= 4 is 26.6 Å². The molecule has 0 fully saturated rings. The van der Waals surface area contributed by atoms with Gasteiger partial charge in [-0.3, -0.25) is 9.71 Å². The summed E-state index contributed by atoms with van der Waals surface area (Å²) in [4.78, 5) is 3.55. The van der Waals surface area contributed by atoms with Gasteiger partial charge in [0, 0.05) is 17.6 Å². The summed E-state index contributed by atoms with van der Waals surface area (Å²) in [5.41, 5.74) is 0.838. The maximum atomic E-state index is 13.9. The van der Waals surface area contributed by atoms with E-state index in [0.717, 1.165) is 12.1 Å². The molecular formula is C16H12F2N2O2S. The predicted octanol–water partition coefficient (Wildman–Crippen LogP) is 3.62. The molecule has 0 unspecified atom stereocenters. The number of aromatic nitrogens is 1. The summed E-state index contributed by atoms with van der Waals surface area (Å²) in [6.45, 7) is 1.65. The van der Waals surface area contributed by atoms with Crippen LogP contribution in [0.15, 0.2) is 53.6 Å². The lowest BCUT2D eigenvalue weighted by molar-refractivity contribution is 0.569. The molecule has 0 bridgehead atoms. The van der Waals surface area contributed by atoms with E-state index in [9.17, 15) is 17.2 Å². The molecule has 118 valence electrons. The van der Waals surface area contributed by atoms with Gasteiger partial charge in [-0.05, 0) is 36.8 Å². The number of benzene rings is 2. The minimum atomic E-state index is -4.20. The average molecular weight is 334 g/mol. The molecule has 0 aliphatic heterocycles. The van der Waals surface area contributed by atoms with E-state index < -0.39 is 26.6 Å². The van der Waals surface area contributed by atoms with Crippen LogP contribution in [0.3, 0.4) is 0 Å². The SMILES string of the molecule is Cc1ccc(S(=O)(=O)Nc2cc(F)cc3cccnc23)c(F)c1. The van der Waals surface area contributed by atoms with E-state index in [1.807, 2.05) is 0 Å². The lowest BCUT2D eigenvalue weighted by Gasteiger charge is -2.11. The lowest BCUT2D eigenvalue weighted by Crippen LogP contribution is -2.15. The Morgan fingerprint density at radius 2 is 1.87 bits per heavy atom. The third kappa shape index (κ3) is 3.00. The number of nitrogens with zero attached hydrogens (tertiary/aromatic N) is 1. The van der Waals surface area contributed by atoms with Crippen molar-refractivity contribution in [2.75, 3.05) is 4.72 Å². The van der Waals surface area contributed by atoms with Crippen LogP contribution in [0.5, 0.6) is 0 Å². The number of pyridine rings is 1. The number of rotatable bonds is 3. The molecule has 2 aromatic carbocycles. The van der Waals surface area contributed by atoms with Crippen molar-refractivity contribution < 1.29 is 17.2 Å². The quantitative estimate of drug-likeness (QED) is 0.796. The first-order chi connectivity index (χ1) is 10.9. The fourth-order valence-electron chi connectivity index (χ4n) is 2.26. The number of hydrogen-bond acceptors (Lipinski definition) is 3. The first-order valence-electron chi connectivity index (χ1n) is 6.70. The molecule has 0 saturated carbocycles. The highest BCUT2D eigenvalue weighted by Crippen LogP contribution is 2.26. The van der Waals surface area contributed by atoms with Gasteiger partial charge >= 0.3 is 0 Å². The van der Waals surface area contributed by atoms with Crippen LogP contribution in [-0.2, 0) is 10.0 Å². The van der Waals surface area contributed by atoms with Gasteiger partial charge in [0.25, 0.3) is 10.0 Å². The smallest absolute Gasteiger partial charge is 0.264 e. The molecular weight excluding hydrogens is 322 g/mol. The number of halogens is 2. The molecule has 1 heterocycles. The number of sulfonamides is 1. The predicted molar refractivity (Wildman–Crippen MR) is 83.6 cm³/mol. The monoisotopic (exact) mass is 334 g/mol. The summed E-state index contributed by atoms with van der Waals surface area (Å²) in [5, 5.41) is 0.439. The summed E-state index contributed by atoms with van der Waals surface area (Å²) in [6, 6.07) is 9.25. The Labute approximate surface area is 131 Å². The van der Waals surface area contributed by atoms with E-state index in [4.69, 9.17) is 0 Å². The molecule has 0 atom stereocenters. The zero-order chi connectivity index (χ0) is 16.6. The summed E-state index contributed by atoms with van der Waals surface area (Å²) >= 11 is 0. The van der Waals surface area contributed by atoms with E-state index in [1.165, 1.54) is 24.4 Å². The third-order valence-electron chi connectivity index (χ3n) is 3.29. The fourth-order valence-corrected chi connectivity index (χ4v) is 3.37. The number of hydrogen-bond donors (Lipinski definition) is 1. The zero-order valence-electron chi connectivity index (χ0n) is 12.0. The minimum absolute atomic E-state index is 0.0411. The summed E-state index contributed by atoms with van der Waals surface area (Å²) < 4.78 is 54.6. The molecule has 4 nitrogen and oxygen atoms in total. The second-order valence-corrected chi connectivity index (χ2v) is 6.72. The highest BCUT2D eigenvalue weighted by Gasteiger charge is 2.20. The molecule has 1 aromatic heterocycles. The van der Waals surface area contributed by atoms with Crippen LogP contribution in [0.1, 0.15) is 5.56 Å². The van der Waals surface area contributed by atoms with Crippen LogP contribution in [0.4, 0.5) is 14.5 Å². The number of anilines is 1. The molecule has 0 saturated heterocycles. The van der Waals surface area contributed by atoms with Crippen molar-refractivity contribution in [1.29, 1.82) is 0 Å². The van der Waals surface area contributed by atoms with Crippen LogP contribution in [-0.4, -0.2) is 13.4 Å². The maximum Gasteiger partial charge on any atom is 0.264 e. The van der Waals surface area contributed by atoms with Crippen molar-refractivity contribution in [2.45, 2.75) is 11.8 Å². The average Bonchev–Trinajstić information content (AvgIpc) is 2.46. The number of aryl methyl sites for hydroxylation is 1. The molecule has 3 rings (SSSR count). The van der Waals surface area contributed by atoms with E-state index in [-0.39, 0.29) is 11.2 Å². The van der Waals surface area contributed by atoms with Crippen molar-refractivity contribution in [2.24, 2.45) is 0 Å². The Morgan fingerprint density at radius 3 is 2.61 bits per heavy atom. The van der Waals surface area contributed by atoms with Gasteiger partial charge in [-0.2, -0.15) is 0 Å². The normalized spacial score (nSPS) is 11.6. The Balaban J connectivity index is 2.11. The first-order valence-corrected chi connectivity index (χ1v) is 8.18. The van der Waals surface area contributed by atoms with E-state index in [1.54, 1.807) is 19.1 Å². The topological polar surface area (TPSA) is 59.1 Å². The van der Waals surface area contributed by atoms with Crippen LogP contribution in [0, 0.1) is 18.6 Å². The van der Waals surface area contributed by atoms with Crippen LogP contribution < -0.4 is 4.72 Å². The van der Waals surface area contributed by atoms with Crippen molar-refractivity contribution in [3.8, 4) is 0 Å². The largest absolute Gasteiger partial charge is 0.277 e. The Morgan fingerprint density at radius 1 is 1.09 bits per heavy atom. The molecule has 0 amide bonds. The molecule has 7 heteroatoms. The summed E-state index contributed by atoms with van der Waals surface area (Å²) in [5.74, 6) is -1.49. The Kier molecular flexibility index (Phi) is 3.73. The van der Waals surface area contributed by atoms with Crippen molar-refractivity contribution in [3.63, 3.8) is 0 Å². The van der Waals surface area contributed by atoms with E-state index in [0.29, 0.717) is 10.9 Å². The zero-order valence-corrected chi connectivity index (χ0v) is 12.9. The third-order valence-corrected chi connectivity index (χ3v) is 4.69. The lowest BCUT2D eigenvalue weighted by atomic mass is 10.2. The van der Waals surface area contributed by atoms with Crippen molar-refractivity contribution in [3.05, 3.63) is 65.9 Å². The molecule has 0 aliphatic carbocycles. The standard InChI is InChI=1S/C16H12F2N2O2S/c1-10-4-5-15(13(18)7-10)23(21,22)20-14-9-12(17)8-11-3-2-6-19-16(11)14/h2-9,20H,1H3. The van der Waals surface area contributed by atoms with Crippen LogP contribution >= 0.6 is 0 Å². The van der Waals surface area contributed by atoms with Gasteiger partial charge in [0.2, 0.25) is 0 Å². The number of fused-ring (bicyclic) bond motifs is 1. The molecule has 1 N–H and O–H groups in total. The Bertz CT molecular complexity index is 1000. The highest BCUT2D eigenvalue weighted by atomic mass is 32.2. The molecule has 0 spiro atoms. The highest BCUT2D eigenvalue weighted by molar-refractivity contribution is 7.92. The van der Waals surface area contributed by atoms with Crippen LogP contribution in [0.2, 0.25) is 0 Å². The van der Waals surface area contributed by atoms with Gasteiger partial charge in [-0.25, -0.2) is 17.2 Å². The molecule has 23 heavy (non-hydrogen) atoms. The first kappa shape index (κ1) is 15.4. The molecule has 3 aromatic rings. The number of nitrogens with one attached hydrogen (secondary N) is 1. The maximum absolute atomic E-state index is 13.9. The van der Waals surface area contributed by atoms with Gasteiger partial charge in [0.15, 0.2) is 0 Å². The Hall–Kier alpha value is -2.54. The van der Waals surface area contributed by atoms with E-state index >= 15 is 0 Å². The van der Waals surface area contributed by atoms with Crippen LogP contribution in [0.25, 0.3) is 10.9 Å². The van der Waals surface area contributed by atoms with Crippen molar-refractivity contribution in [1.82, 2.24) is 4.98 Å². The van der Waals surface area contributed by atoms with Gasteiger partial charge in [0.05, 0.1) is 11.2 Å². The second kappa shape index (κ2) is 5.58. The molecule has 0 aliphatic rings. The van der Waals surface area contributed by atoms with Gasteiger partial charge < -0.3 is 0 Å².